The molecule has 0 aliphatic rings. The lowest BCUT2D eigenvalue weighted by atomic mass is 9.96. The van der Waals surface area contributed by atoms with Gasteiger partial charge < -0.3 is 34.0 Å². The standard InChI is InChI=1S/C25H30N2O11/c1-35-20(29)7-5-13-15(9-22(31)37-3)17(26-19(13)12-28)11-18-16(10-23(32)38-4)14(6-8-21(30)36-2)24(27-18)25(33)34/h12,26-27H,5-11H2,1-4H3,(H,33,34). The van der Waals surface area contributed by atoms with E-state index < -0.39 is 29.8 Å². The second-order valence-corrected chi connectivity index (χ2v) is 8.17. The first-order chi connectivity index (χ1) is 18.1. The molecule has 2 heterocycles. The second kappa shape index (κ2) is 13.8. The zero-order valence-electron chi connectivity index (χ0n) is 21.6. The number of aromatic carboxylic acids is 1. The van der Waals surface area contributed by atoms with Crippen molar-refractivity contribution in [3.63, 3.8) is 0 Å². The molecule has 206 valence electrons. The van der Waals surface area contributed by atoms with Crippen LogP contribution in [0.1, 0.15) is 67.5 Å². The molecule has 0 aliphatic heterocycles. The minimum absolute atomic E-state index is 0.0269. The van der Waals surface area contributed by atoms with Crippen LogP contribution in [0.15, 0.2) is 0 Å². The Kier molecular flexibility index (Phi) is 10.8. The predicted octanol–water partition coefficient (Wildman–Crippen LogP) is 1.09. The number of aromatic amines is 2. The summed E-state index contributed by atoms with van der Waals surface area (Å²) >= 11 is 0. The number of carbonyl (C=O) groups is 6. The largest absolute Gasteiger partial charge is 0.477 e. The molecule has 0 aliphatic carbocycles. The van der Waals surface area contributed by atoms with Crippen LogP contribution in [0.2, 0.25) is 0 Å². The first-order valence-electron chi connectivity index (χ1n) is 11.5. The summed E-state index contributed by atoms with van der Waals surface area (Å²) in [7, 11) is 4.82. The number of hydrogen-bond donors (Lipinski definition) is 3. The highest BCUT2D eigenvalue weighted by Crippen LogP contribution is 2.28. The van der Waals surface area contributed by atoms with Crippen molar-refractivity contribution in [1.82, 2.24) is 9.97 Å². The van der Waals surface area contributed by atoms with Gasteiger partial charge in [-0.05, 0) is 35.1 Å². The summed E-state index contributed by atoms with van der Waals surface area (Å²) in [5, 5.41) is 9.80. The number of nitrogens with one attached hydrogen (secondary N) is 2. The molecular formula is C25H30N2O11. The van der Waals surface area contributed by atoms with Gasteiger partial charge in [-0.3, -0.25) is 24.0 Å². The highest BCUT2D eigenvalue weighted by molar-refractivity contribution is 5.89. The van der Waals surface area contributed by atoms with Crippen molar-refractivity contribution < 1.29 is 52.8 Å². The van der Waals surface area contributed by atoms with Crippen molar-refractivity contribution in [2.45, 2.75) is 44.9 Å². The van der Waals surface area contributed by atoms with E-state index in [0.717, 1.165) is 0 Å². The Bertz CT molecular complexity index is 1220. The van der Waals surface area contributed by atoms with Gasteiger partial charge >= 0.3 is 29.8 Å². The first-order valence-corrected chi connectivity index (χ1v) is 11.5. The molecule has 3 N–H and O–H groups in total. The molecule has 0 bridgehead atoms. The highest BCUT2D eigenvalue weighted by atomic mass is 16.5. The zero-order valence-corrected chi connectivity index (χ0v) is 21.6. The van der Waals surface area contributed by atoms with E-state index >= 15 is 0 Å². The lowest BCUT2D eigenvalue weighted by molar-refractivity contribution is -0.141. The monoisotopic (exact) mass is 534 g/mol. The third-order valence-electron chi connectivity index (χ3n) is 6.04. The van der Waals surface area contributed by atoms with Gasteiger partial charge in [0.25, 0.3) is 0 Å². The van der Waals surface area contributed by atoms with Crippen LogP contribution in [0.3, 0.4) is 0 Å². The Hall–Kier alpha value is -4.42. The van der Waals surface area contributed by atoms with Crippen molar-refractivity contribution in [2.24, 2.45) is 0 Å². The van der Waals surface area contributed by atoms with Gasteiger partial charge in [0.2, 0.25) is 0 Å². The molecule has 13 heteroatoms. The lowest BCUT2D eigenvalue weighted by Gasteiger charge is -2.09. The average Bonchev–Trinajstić information content (AvgIpc) is 3.42. The van der Waals surface area contributed by atoms with E-state index in [-0.39, 0.29) is 61.9 Å². The summed E-state index contributed by atoms with van der Waals surface area (Å²) in [6.45, 7) is 0. The van der Waals surface area contributed by atoms with E-state index in [2.05, 4.69) is 19.4 Å². The molecule has 0 radical (unpaired) electrons. The third kappa shape index (κ3) is 7.31. The highest BCUT2D eigenvalue weighted by Gasteiger charge is 2.27. The molecule has 0 fully saturated rings. The molecule has 0 saturated heterocycles. The Labute approximate surface area is 217 Å². The van der Waals surface area contributed by atoms with Crippen LogP contribution in [-0.4, -0.2) is 79.6 Å². The number of carboxylic acids is 1. The molecule has 38 heavy (non-hydrogen) atoms. The maximum absolute atomic E-state index is 12.2. The lowest BCUT2D eigenvalue weighted by Crippen LogP contribution is -2.12. The Morgan fingerprint density at radius 3 is 1.58 bits per heavy atom. The van der Waals surface area contributed by atoms with Gasteiger partial charge in [-0.1, -0.05) is 0 Å². The number of H-pyrrole nitrogens is 2. The molecular weight excluding hydrogens is 504 g/mol. The van der Waals surface area contributed by atoms with Crippen LogP contribution >= 0.6 is 0 Å². The number of ether oxygens (including phenoxy) is 4. The van der Waals surface area contributed by atoms with Gasteiger partial charge in [-0.15, -0.1) is 0 Å². The number of aldehydes is 1. The van der Waals surface area contributed by atoms with Crippen molar-refractivity contribution in [3.05, 3.63) is 45.0 Å². The Morgan fingerprint density at radius 1 is 0.684 bits per heavy atom. The summed E-state index contributed by atoms with van der Waals surface area (Å²) in [4.78, 5) is 77.5. The minimum atomic E-state index is -1.31. The van der Waals surface area contributed by atoms with E-state index in [9.17, 15) is 33.9 Å². The van der Waals surface area contributed by atoms with Gasteiger partial charge in [0, 0.05) is 30.7 Å². The molecule has 0 aromatic carbocycles. The summed E-state index contributed by atoms with van der Waals surface area (Å²) in [6, 6.07) is 0. The van der Waals surface area contributed by atoms with Gasteiger partial charge in [0.1, 0.15) is 5.69 Å². The number of hydrogen-bond acceptors (Lipinski definition) is 10. The Morgan fingerprint density at radius 2 is 1.13 bits per heavy atom. The summed E-state index contributed by atoms with van der Waals surface area (Å²) in [5.74, 6) is -3.64. The van der Waals surface area contributed by atoms with Crippen molar-refractivity contribution in [1.29, 1.82) is 0 Å². The van der Waals surface area contributed by atoms with E-state index in [4.69, 9.17) is 9.47 Å². The smallest absolute Gasteiger partial charge is 0.352 e. The fourth-order valence-electron chi connectivity index (χ4n) is 4.13. The molecule has 0 saturated carbocycles. The van der Waals surface area contributed by atoms with Crippen molar-refractivity contribution >= 4 is 36.1 Å². The summed E-state index contributed by atoms with van der Waals surface area (Å²) in [6.07, 6.45) is -0.156. The second-order valence-electron chi connectivity index (χ2n) is 8.17. The zero-order chi connectivity index (χ0) is 28.4. The first kappa shape index (κ1) is 29.8. The normalized spacial score (nSPS) is 10.5. The maximum atomic E-state index is 12.2. The minimum Gasteiger partial charge on any atom is -0.477 e. The fraction of sp³-hybridized carbons (Fsp3) is 0.440. The quantitative estimate of drug-likeness (QED) is 0.178. The van der Waals surface area contributed by atoms with Crippen LogP contribution in [0.5, 0.6) is 0 Å². The van der Waals surface area contributed by atoms with Gasteiger partial charge in [0.15, 0.2) is 6.29 Å². The fourth-order valence-corrected chi connectivity index (χ4v) is 4.13. The van der Waals surface area contributed by atoms with Crippen molar-refractivity contribution in [2.75, 3.05) is 28.4 Å². The SMILES string of the molecule is COC(=O)CCc1c(C=O)[nH]c(Cc2[nH]c(C(=O)O)c(CCC(=O)OC)c2CC(=O)OC)c1CC(=O)OC. The average molecular weight is 535 g/mol. The number of carbonyl (C=O) groups excluding carboxylic acids is 5. The summed E-state index contributed by atoms with van der Waals surface area (Å²) in [5.41, 5.74) is 1.94. The topological polar surface area (TPSA) is 191 Å². The molecule has 2 aromatic rings. The van der Waals surface area contributed by atoms with E-state index in [1.807, 2.05) is 0 Å². The predicted molar refractivity (Wildman–Crippen MR) is 129 cm³/mol. The van der Waals surface area contributed by atoms with Gasteiger partial charge in [-0.25, -0.2) is 4.79 Å². The van der Waals surface area contributed by atoms with Crippen molar-refractivity contribution in [3.8, 4) is 0 Å². The molecule has 0 unspecified atom stereocenters. The number of rotatable bonds is 14. The van der Waals surface area contributed by atoms with Crippen LogP contribution in [0.4, 0.5) is 0 Å². The van der Waals surface area contributed by atoms with Gasteiger partial charge in [-0.2, -0.15) is 0 Å². The van der Waals surface area contributed by atoms with Gasteiger partial charge in [0.05, 0.1) is 47.0 Å². The van der Waals surface area contributed by atoms with E-state index in [1.54, 1.807) is 0 Å². The van der Waals surface area contributed by atoms with E-state index in [0.29, 0.717) is 34.4 Å². The molecule has 0 atom stereocenters. The van der Waals surface area contributed by atoms with Crippen LogP contribution in [-0.2, 0) is 70.2 Å². The third-order valence-corrected chi connectivity index (χ3v) is 6.04. The van der Waals surface area contributed by atoms with E-state index in [1.165, 1.54) is 28.4 Å². The molecule has 2 rings (SSSR count). The molecule has 0 amide bonds. The number of aromatic nitrogens is 2. The van der Waals surface area contributed by atoms with Crippen LogP contribution in [0.25, 0.3) is 0 Å². The summed E-state index contributed by atoms with van der Waals surface area (Å²) < 4.78 is 18.9. The number of esters is 4. The molecule has 13 nitrogen and oxygen atoms in total. The van der Waals surface area contributed by atoms with Crippen LogP contribution in [0, 0.1) is 0 Å². The Balaban J connectivity index is 2.66. The molecule has 2 aromatic heterocycles. The number of carboxylic acid groups (broad SMARTS) is 1. The number of methoxy groups -OCH3 is 4. The molecule has 0 spiro atoms. The van der Waals surface area contributed by atoms with Crippen LogP contribution < -0.4 is 0 Å². The maximum Gasteiger partial charge on any atom is 0.352 e.